The minimum Gasteiger partial charge on any atom is -0.325 e. The van der Waals surface area contributed by atoms with Crippen molar-refractivity contribution in [3.63, 3.8) is 0 Å². The summed E-state index contributed by atoms with van der Waals surface area (Å²) in [6, 6.07) is 7.86. The van der Waals surface area contributed by atoms with E-state index in [1.54, 1.807) is 0 Å². The van der Waals surface area contributed by atoms with Gasteiger partial charge in [-0.3, -0.25) is 4.79 Å². The average Bonchev–Trinajstić information content (AvgIpc) is 2.28. The fourth-order valence-corrected chi connectivity index (χ4v) is 1.48. The minimum absolute atomic E-state index is 0.00210. The van der Waals surface area contributed by atoms with Gasteiger partial charge >= 0.3 is 0 Å². The van der Waals surface area contributed by atoms with E-state index in [-0.39, 0.29) is 11.8 Å². The number of alkyl halides is 1. The van der Waals surface area contributed by atoms with Crippen LogP contribution in [0.5, 0.6) is 0 Å². The quantitative estimate of drug-likeness (QED) is 0.767. The lowest BCUT2D eigenvalue weighted by Crippen LogP contribution is -2.13. The van der Waals surface area contributed by atoms with Crippen molar-refractivity contribution in [2.24, 2.45) is 0 Å². The van der Waals surface area contributed by atoms with Gasteiger partial charge in [0.15, 0.2) is 0 Å². The van der Waals surface area contributed by atoms with Crippen LogP contribution in [0.4, 0.5) is 5.69 Å². The first-order valence-electron chi connectivity index (χ1n) is 5.21. The molecular formula is C12H16ClNO. The third kappa shape index (κ3) is 3.92. The highest BCUT2D eigenvalue weighted by Crippen LogP contribution is 2.17. The summed E-state index contributed by atoms with van der Waals surface area (Å²) in [4.78, 5) is 11.2. The Balaban J connectivity index is 2.72. The van der Waals surface area contributed by atoms with E-state index in [0.717, 1.165) is 24.9 Å². The SMILES string of the molecule is CCCCc1ccccc1NC(=O)CCl. The van der Waals surface area contributed by atoms with Crippen LogP contribution in [0.1, 0.15) is 25.3 Å². The summed E-state index contributed by atoms with van der Waals surface area (Å²) in [6.45, 7) is 2.15. The first-order valence-corrected chi connectivity index (χ1v) is 5.75. The van der Waals surface area contributed by atoms with Crippen molar-refractivity contribution >= 4 is 23.2 Å². The molecule has 0 radical (unpaired) electrons. The Bertz CT molecular complexity index is 325. The molecule has 0 aromatic heterocycles. The highest BCUT2D eigenvalue weighted by molar-refractivity contribution is 6.29. The van der Waals surface area contributed by atoms with Gasteiger partial charge in [0.1, 0.15) is 5.88 Å². The zero-order chi connectivity index (χ0) is 11.1. The molecule has 0 bridgehead atoms. The van der Waals surface area contributed by atoms with E-state index in [9.17, 15) is 4.79 Å². The zero-order valence-electron chi connectivity index (χ0n) is 8.92. The smallest absolute Gasteiger partial charge is 0.239 e. The molecule has 82 valence electrons. The molecule has 1 N–H and O–H groups in total. The van der Waals surface area contributed by atoms with E-state index in [2.05, 4.69) is 12.2 Å². The van der Waals surface area contributed by atoms with Crippen molar-refractivity contribution in [1.29, 1.82) is 0 Å². The van der Waals surface area contributed by atoms with Gasteiger partial charge in [0.05, 0.1) is 0 Å². The monoisotopic (exact) mass is 225 g/mol. The van der Waals surface area contributed by atoms with Crippen molar-refractivity contribution in [1.82, 2.24) is 0 Å². The molecule has 0 saturated carbocycles. The van der Waals surface area contributed by atoms with Crippen LogP contribution < -0.4 is 5.32 Å². The van der Waals surface area contributed by atoms with E-state index >= 15 is 0 Å². The molecule has 0 aliphatic heterocycles. The second-order valence-electron chi connectivity index (χ2n) is 3.44. The van der Waals surface area contributed by atoms with E-state index < -0.39 is 0 Å². The maximum Gasteiger partial charge on any atom is 0.239 e. The Morgan fingerprint density at radius 2 is 2.13 bits per heavy atom. The first kappa shape index (κ1) is 12.1. The lowest BCUT2D eigenvalue weighted by atomic mass is 10.1. The molecular weight excluding hydrogens is 210 g/mol. The van der Waals surface area contributed by atoms with Gasteiger partial charge in [-0.05, 0) is 24.5 Å². The number of hydrogen-bond acceptors (Lipinski definition) is 1. The topological polar surface area (TPSA) is 29.1 Å². The van der Waals surface area contributed by atoms with Crippen LogP contribution in [0.25, 0.3) is 0 Å². The van der Waals surface area contributed by atoms with Crippen LogP contribution >= 0.6 is 11.6 Å². The Morgan fingerprint density at radius 1 is 1.40 bits per heavy atom. The summed E-state index contributed by atoms with van der Waals surface area (Å²) in [5.41, 5.74) is 2.06. The number of carbonyl (C=O) groups is 1. The number of rotatable bonds is 5. The van der Waals surface area contributed by atoms with Crippen molar-refractivity contribution in [3.8, 4) is 0 Å². The highest BCUT2D eigenvalue weighted by atomic mass is 35.5. The van der Waals surface area contributed by atoms with Crippen molar-refractivity contribution in [3.05, 3.63) is 29.8 Å². The Kier molecular flexibility index (Phi) is 5.19. The molecule has 0 aliphatic rings. The molecule has 1 amide bonds. The lowest BCUT2D eigenvalue weighted by Gasteiger charge is -2.09. The Hall–Kier alpha value is -1.02. The number of aryl methyl sites for hydroxylation is 1. The van der Waals surface area contributed by atoms with Crippen molar-refractivity contribution in [2.75, 3.05) is 11.2 Å². The van der Waals surface area contributed by atoms with Crippen LogP contribution in [0.2, 0.25) is 0 Å². The first-order chi connectivity index (χ1) is 7.27. The van der Waals surface area contributed by atoms with Crippen LogP contribution in [0.15, 0.2) is 24.3 Å². The van der Waals surface area contributed by atoms with Gasteiger partial charge in [-0.2, -0.15) is 0 Å². The molecule has 1 rings (SSSR count). The predicted molar refractivity (Wildman–Crippen MR) is 64.4 cm³/mol. The number of amides is 1. The predicted octanol–water partition coefficient (Wildman–Crippen LogP) is 3.21. The molecule has 1 aromatic rings. The molecule has 15 heavy (non-hydrogen) atoms. The third-order valence-corrected chi connectivity index (χ3v) is 2.46. The fraction of sp³-hybridized carbons (Fsp3) is 0.417. The maximum atomic E-state index is 11.2. The van der Waals surface area contributed by atoms with Crippen molar-refractivity contribution < 1.29 is 4.79 Å². The van der Waals surface area contributed by atoms with Crippen molar-refractivity contribution in [2.45, 2.75) is 26.2 Å². The minimum atomic E-state index is -0.152. The van der Waals surface area contributed by atoms with Crippen LogP contribution in [0, 0.1) is 0 Å². The number of nitrogens with one attached hydrogen (secondary N) is 1. The second-order valence-corrected chi connectivity index (χ2v) is 3.71. The Morgan fingerprint density at radius 3 is 2.80 bits per heavy atom. The van der Waals surface area contributed by atoms with Gasteiger partial charge in [-0.15, -0.1) is 11.6 Å². The fourth-order valence-electron chi connectivity index (χ4n) is 1.41. The number of unbranched alkanes of at least 4 members (excludes halogenated alkanes) is 1. The van der Waals surface area contributed by atoms with Gasteiger partial charge in [0.25, 0.3) is 0 Å². The summed E-state index contributed by atoms with van der Waals surface area (Å²) in [5.74, 6) is -0.150. The molecule has 2 nitrogen and oxygen atoms in total. The third-order valence-electron chi connectivity index (χ3n) is 2.21. The molecule has 0 atom stereocenters. The van der Waals surface area contributed by atoms with Gasteiger partial charge in [0.2, 0.25) is 5.91 Å². The van der Waals surface area contributed by atoms with E-state index in [4.69, 9.17) is 11.6 Å². The summed E-state index contributed by atoms with van der Waals surface area (Å²) >= 11 is 5.45. The van der Waals surface area contributed by atoms with E-state index in [1.165, 1.54) is 5.56 Å². The molecule has 1 aromatic carbocycles. The second kappa shape index (κ2) is 6.46. The molecule has 0 saturated heterocycles. The number of carbonyl (C=O) groups excluding carboxylic acids is 1. The molecule has 0 unspecified atom stereocenters. The van der Waals surface area contributed by atoms with E-state index in [1.807, 2.05) is 24.3 Å². The van der Waals surface area contributed by atoms with Crippen LogP contribution in [-0.4, -0.2) is 11.8 Å². The van der Waals surface area contributed by atoms with E-state index in [0.29, 0.717) is 0 Å². The molecule has 0 spiro atoms. The van der Waals surface area contributed by atoms with Gasteiger partial charge in [-0.25, -0.2) is 0 Å². The lowest BCUT2D eigenvalue weighted by molar-refractivity contribution is -0.113. The van der Waals surface area contributed by atoms with Gasteiger partial charge in [-0.1, -0.05) is 31.5 Å². The maximum absolute atomic E-state index is 11.2. The number of halogens is 1. The van der Waals surface area contributed by atoms with Crippen LogP contribution in [0.3, 0.4) is 0 Å². The average molecular weight is 226 g/mol. The summed E-state index contributed by atoms with van der Waals surface area (Å²) in [6.07, 6.45) is 3.28. The summed E-state index contributed by atoms with van der Waals surface area (Å²) in [5, 5.41) is 2.80. The number of benzene rings is 1. The standard InChI is InChI=1S/C12H16ClNO/c1-2-3-6-10-7-4-5-8-11(10)14-12(15)9-13/h4-5,7-8H,2-3,6,9H2,1H3,(H,14,15). The number of anilines is 1. The van der Waals surface area contributed by atoms with Gasteiger partial charge in [0, 0.05) is 5.69 Å². The van der Waals surface area contributed by atoms with Gasteiger partial charge < -0.3 is 5.32 Å². The molecule has 0 heterocycles. The molecule has 0 aliphatic carbocycles. The molecule has 0 fully saturated rings. The molecule has 3 heteroatoms. The normalized spacial score (nSPS) is 10.0. The number of para-hydroxylation sites is 1. The largest absolute Gasteiger partial charge is 0.325 e. The Labute approximate surface area is 95.6 Å². The summed E-state index contributed by atoms with van der Waals surface area (Å²) in [7, 11) is 0. The highest BCUT2D eigenvalue weighted by Gasteiger charge is 2.04. The van der Waals surface area contributed by atoms with Crippen LogP contribution in [-0.2, 0) is 11.2 Å². The zero-order valence-corrected chi connectivity index (χ0v) is 9.68. The number of hydrogen-bond donors (Lipinski definition) is 1. The summed E-state index contributed by atoms with van der Waals surface area (Å²) < 4.78 is 0.